The van der Waals surface area contributed by atoms with E-state index in [2.05, 4.69) is 26.1 Å². The number of pyridine rings is 1. The van der Waals surface area contributed by atoms with E-state index in [4.69, 9.17) is 9.63 Å². The summed E-state index contributed by atoms with van der Waals surface area (Å²) in [6, 6.07) is 17.5. The first-order valence-corrected chi connectivity index (χ1v) is 11.0. The first-order chi connectivity index (χ1) is 17.5. The van der Waals surface area contributed by atoms with Gasteiger partial charge in [0.05, 0.1) is 17.9 Å². The van der Waals surface area contributed by atoms with Crippen LogP contribution in [-0.4, -0.2) is 44.7 Å². The fourth-order valence-electron chi connectivity index (χ4n) is 3.89. The minimum absolute atomic E-state index is 0.0458. The number of nitrogens with zero attached hydrogens (tertiary/aromatic N) is 5. The second-order valence-electron chi connectivity index (χ2n) is 8.17. The van der Waals surface area contributed by atoms with Gasteiger partial charge in [-0.25, -0.2) is 4.39 Å². The minimum Gasteiger partial charge on any atom is -0.480 e. The van der Waals surface area contributed by atoms with E-state index in [0.717, 1.165) is 16.7 Å². The summed E-state index contributed by atoms with van der Waals surface area (Å²) in [4.78, 5) is 21.2. The van der Waals surface area contributed by atoms with Gasteiger partial charge >= 0.3 is 5.97 Å². The number of aliphatic carboxylic acids is 1. The quantitative estimate of drug-likeness (QED) is 0.342. The van der Waals surface area contributed by atoms with E-state index in [0.29, 0.717) is 29.5 Å². The van der Waals surface area contributed by atoms with Gasteiger partial charge in [0.1, 0.15) is 11.5 Å². The third-order valence-corrected chi connectivity index (χ3v) is 5.51. The van der Waals surface area contributed by atoms with E-state index in [1.807, 2.05) is 24.3 Å². The molecule has 4 aromatic rings. The summed E-state index contributed by atoms with van der Waals surface area (Å²) in [6.07, 6.45) is 3.29. The number of carbonyl (C=O) groups is 1. The number of benzene rings is 2. The Labute approximate surface area is 205 Å². The maximum atomic E-state index is 14.6. The van der Waals surface area contributed by atoms with Crippen molar-refractivity contribution in [1.29, 1.82) is 0 Å². The zero-order valence-electron chi connectivity index (χ0n) is 19.2. The lowest BCUT2D eigenvalue weighted by atomic mass is 10.1. The molecule has 0 saturated carbocycles. The van der Waals surface area contributed by atoms with Crippen LogP contribution in [0.1, 0.15) is 17.0 Å². The normalized spacial score (nSPS) is 13.4. The Hall–Kier alpha value is -4.61. The van der Waals surface area contributed by atoms with Crippen LogP contribution >= 0.6 is 0 Å². The van der Waals surface area contributed by atoms with Gasteiger partial charge in [0.25, 0.3) is 5.89 Å². The van der Waals surface area contributed by atoms with E-state index in [1.165, 1.54) is 6.07 Å². The first kappa shape index (κ1) is 23.1. The Morgan fingerprint density at radius 3 is 2.56 bits per heavy atom. The third-order valence-electron chi connectivity index (χ3n) is 5.51. The highest BCUT2D eigenvalue weighted by Crippen LogP contribution is 2.34. The monoisotopic (exact) mass is 487 g/mol. The molecule has 1 aliphatic rings. The van der Waals surface area contributed by atoms with Gasteiger partial charge in [-0.3, -0.25) is 25.1 Å². The summed E-state index contributed by atoms with van der Waals surface area (Å²) in [5.74, 6) is -0.686. The summed E-state index contributed by atoms with van der Waals surface area (Å²) in [7, 11) is 1.74. The number of hydrazine groups is 2. The minimum atomic E-state index is -0.877. The van der Waals surface area contributed by atoms with Gasteiger partial charge in [-0.05, 0) is 36.9 Å². The fraction of sp³-hybridized carbons (Fsp3) is 0.120. The summed E-state index contributed by atoms with van der Waals surface area (Å²) in [5, 5.41) is 14.6. The van der Waals surface area contributed by atoms with Crippen molar-refractivity contribution in [3.8, 4) is 11.4 Å². The molecule has 0 atom stereocenters. The molecule has 0 aliphatic carbocycles. The molecule has 1 aliphatic heterocycles. The van der Waals surface area contributed by atoms with Gasteiger partial charge in [-0.2, -0.15) is 4.98 Å². The highest BCUT2D eigenvalue weighted by molar-refractivity contribution is 5.96. The number of likely N-dealkylation sites (N-methyl/N-ethyl adjacent to an activating group) is 1. The number of halogens is 1. The van der Waals surface area contributed by atoms with Crippen molar-refractivity contribution >= 4 is 23.1 Å². The van der Waals surface area contributed by atoms with E-state index >= 15 is 0 Å². The van der Waals surface area contributed by atoms with Crippen LogP contribution in [0.25, 0.3) is 22.8 Å². The molecule has 0 unspecified atom stereocenters. The number of hydrogen-bond acceptors (Lipinski definition) is 9. The van der Waals surface area contributed by atoms with Crippen LogP contribution in [0.5, 0.6) is 0 Å². The molecule has 11 heteroatoms. The smallest absolute Gasteiger partial charge is 0.317 e. The van der Waals surface area contributed by atoms with Crippen molar-refractivity contribution in [2.24, 2.45) is 0 Å². The maximum Gasteiger partial charge on any atom is 0.317 e. The molecular formula is C25H22FN7O3. The first-order valence-electron chi connectivity index (χ1n) is 11.0. The van der Waals surface area contributed by atoms with E-state index in [9.17, 15) is 9.18 Å². The molecule has 3 N–H and O–H groups in total. The Kier molecular flexibility index (Phi) is 6.39. The lowest BCUT2D eigenvalue weighted by Crippen LogP contribution is -2.38. The molecule has 0 radical (unpaired) electrons. The second-order valence-corrected chi connectivity index (χ2v) is 8.17. The third kappa shape index (κ3) is 4.78. The molecule has 5 rings (SSSR count). The van der Waals surface area contributed by atoms with Crippen molar-refractivity contribution < 1.29 is 18.8 Å². The number of anilines is 1. The van der Waals surface area contributed by atoms with E-state index in [-0.39, 0.29) is 12.4 Å². The molecule has 2 aromatic carbocycles. The number of nitrogens with one attached hydrogen (secondary N) is 2. The van der Waals surface area contributed by atoms with Crippen molar-refractivity contribution in [1.82, 2.24) is 31.0 Å². The molecule has 0 spiro atoms. The lowest BCUT2D eigenvalue weighted by molar-refractivity contribution is -0.138. The molecule has 0 amide bonds. The Bertz CT molecular complexity index is 1410. The number of aromatic nitrogens is 3. The SMILES string of the molecule is CN(CC(=O)O)Cc1ccc(-c2noc(C3=C(c4ccncc4)N(c4ccccc4F)NN3)n2)cc1. The van der Waals surface area contributed by atoms with Crippen molar-refractivity contribution in [2.75, 3.05) is 18.6 Å². The van der Waals surface area contributed by atoms with Crippen LogP contribution in [0.3, 0.4) is 0 Å². The topological polar surface area (TPSA) is 120 Å². The molecule has 10 nitrogen and oxygen atoms in total. The van der Waals surface area contributed by atoms with Gasteiger partial charge in [0.2, 0.25) is 5.82 Å². The molecule has 36 heavy (non-hydrogen) atoms. The average Bonchev–Trinajstić information content (AvgIpc) is 3.52. The zero-order valence-corrected chi connectivity index (χ0v) is 19.2. The zero-order chi connectivity index (χ0) is 25.1. The Morgan fingerprint density at radius 2 is 1.83 bits per heavy atom. The van der Waals surface area contributed by atoms with Gasteiger partial charge in [0, 0.05) is 30.1 Å². The number of carboxylic acids is 1. The number of hydrogen-bond donors (Lipinski definition) is 3. The number of carboxylic acid groups (broad SMARTS) is 1. The molecule has 2 aromatic heterocycles. The van der Waals surface area contributed by atoms with Crippen molar-refractivity contribution in [3.05, 3.63) is 95.9 Å². The largest absolute Gasteiger partial charge is 0.480 e. The maximum absolute atomic E-state index is 14.6. The van der Waals surface area contributed by atoms with Crippen LogP contribution in [0.15, 0.2) is 77.6 Å². The standard InChI is InChI=1S/C25H22FN7O3/c1-32(15-21(34)35)14-16-6-8-18(9-7-16)24-28-25(36-30-24)22-23(17-10-12-27-13-11-17)33(31-29-22)20-5-3-2-4-19(20)26/h2-13,29,31H,14-15H2,1H3,(H,34,35). The molecule has 182 valence electrons. The second kappa shape index (κ2) is 9.94. The lowest BCUT2D eigenvalue weighted by Gasteiger charge is -2.21. The summed E-state index contributed by atoms with van der Waals surface area (Å²) < 4.78 is 20.2. The van der Waals surface area contributed by atoms with Crippen molar-refractivity contribution in [3.63, 3.8) is 0 Å². The van der Waals surface area contributed by atoms with Crippen LogP contribution in [0, 0.1) is 5.82 Å². The van der Waals surface area contributed by atoms with Gasteiger partial charge in [0.15, 0.2) is 0 Å². The fourth-order valence-corrected chi connectivity index (χ4v) is 3.89. The van der Waals surface area contributed by atoms with Crippen LogP contribution < -0.4 is 16.0 Å². The Balaban J connectivity index is 1.46. The van der Waals surface area contributed by atoms with E-state index < -0.39 is 11.8 Å². The average molecular weight is 487 g/mol. The molecule has 0 fully saturated rings. The molecular weight excluding hydrogens is 465 g/mol. The summed E-state index contributed by atoms with van der Waals surface area (Å²) in [6.45, 7) is 0.448. The highest BCUT2D eigenvalue weighted by Gasteiger charge is 2.30. The molecule has 0 saturated heterocycles. The van der Waals surface area contributed by atoms with E-state index in [1.54, 1.807) is 59.7 Å². The highest BCUT2D eigenvalue weighted by atomic mass is 19.1. The van der Waals surface area contributed by atoms with Gasteiger partial charge < -0.3 is 9.63 Å². The number of para-hydroxylation sites is 1. The number of rotatable bonds is 8. The van der Waals surface area contributed by atoms with Crippen LogP contribution in [-0.2, 0) is 11.3 Å². The van der Waals surface area contributed by atoms with Crippen molar-refractivity contribution in [2.45, 2.75) is 6.54 Å². The molecule has 0 bridgehead atoms. The Morgan fingerprint density at radius 1 is 1.08 bits per heavy atom. The van der Waals surface area contributed by atoms with Gasteiger partial charge in [-0.1, -0.05) is 41.6 Å². The van der Waals surface area contributed by atoms with Crippen LogP contribution in [0.2, 0.25) is 0 Å². The molecule has 3 heterocycles. The summed E-state index contributed by atoms with van der Waals surface area (Å²) >= 11 is 0. The van der Waals surface area contributed by atoms with Gasteiger partial charge in [-0.15, -0.1) is 5.53 Å². The predicted octanol–water partition coefficient (Wildman–Crippen LogP) is 3.14. The predicted molar refractivity (Wildman–Crippen MR) is 130 cm³/mol. The summed E-state index contributed by atoms with van der Waals surface area (Å²) in [5.41, 5.74) is 9.84. The van der Waals surface area contributed by atoms with Crippen LogP contribution in [0.4, 0.5) is 10.1 Å².